The number of carbonyl (C=O) groups is 2. The van der Waals surface area contributed by atoms with Crippen LogP contribution in [-0.2, 0) is 22.6 Å². The van der Waals surface area contributed by atoms with Crippen molar-refractivity contribution in [3.05, 3.63) is 65.7 Å². The van der Waals surface area contributed by atoms with E-state index in [1.807, 2.05) is 54.6 Å². The number of nitrogen functional groups attached to an aromatic ring is 1. The molecule has 2 aromatic rings. The van der Waals surface area contributed by atoms with Crippen LogP contribution in [-0.4, -0.2) is 29.8 Å². The number of hydrogen-bond donors (Lipinski definition) is 2. The molecule has 132 valence electrons. The van der Waals surface area contributed by atoms with Crippen LogP contribution < -0.4 is 11.1 Å². The average Bonchev–Trinajstić information content (AvgIpc) is 2.61. The Morgan fingerprint density at radius 2 is 1.68 bits per heavy atom. The van der Waals surface area contributed by atoms with E-state index in [-0.39, 0.29) is 11.8 Å². The van der Waals surface area contributed by atoms with Gasteiger partial charge in [0.25, 0.3) is 0 Å². The Kier molecular flexibility index (Phi) is 7.01. The Balaban J connectivity index is 1.73. The summed E-state index contributed by atoms with van der Waals surface area (Å²) in [6.45, 7) is 3.04. The lowest BCUT2D eigenvalue weighted by atomic mass is 10.1. The first-order chi connectivity index (χ1) is 12.0. The first kappa shape index (κ1) is 18.5. The standard InChI is InChI=1S/C20H25N3O2/c1-16(24)23(15-18-5-3-2-4-6-18)14-12-20(25)22-13-11-17-7-9-19(21)10-8-17/h2-10H,11-15,21H2,1H3,(H,22,25). The second-order valence-corrected chi connectivity index (χ2v) is 6.02. The maximum absolute atomic E-state index is 12.0. The number of hydrogen-bond acceptors (Lipinski definition) is 3. The fourth-order valence-electron chi connectivity index (χ4n) is 2.51. The second kappa shape index (κ2) is 9.47. The largest absolute Gasteiger partial charge is 0.399 e. The van der Waals surface area contributed by atoms with Crippen LogP contribution >= 0.6 is 0 Å². The Bertz CT molecular complexity index is 684. The van der Waals surface area contributed by atoms with Crippen molar-refractivity contribution in [2.75, 3.05) is 18.8 Å². The Hall–Kier alpha value is -2.82. The smallest absolute Gasteiger partial charge is 0.221 e. The predicted octanol–water partition coefficient (Wildman–Crippen LogP) is 2.37. The molecule has 5 heteroatoms. The van der Waals surface area contributed by atoms with E-state index in [2.05, 4.69) is 5.32 Å². The van der Waals surface area contributed by atoms with Crippen LogP contribution in [0.3, 0.4) is 0 Å². The van der Waals surface area contributed by atoms with E-state index in [0.717, 1.165) is 23.2 Å². The Labute approximate surface area is 148 Å². The summed E-state index contributed by atoms with van der Waals surface area (Å²) in [7, 11) is 0. The van der Waals surface area contributed by atoms with Gasteiger partial charge in [0.1, 0.15) is 0 Å². The molecular formula is C20H25N3O2. The monoisotopic (exact) mass is 339 g/mol. The zero-order valence-electron chi connectivity index (χ0n) is 14.6. The minimum Gasteiger partial charge on any atom is -0.399 e. The molecule has 0 saturated carbocycles. The van der Waals surface area contributed by atoms with Crippen LogP contribution in [0, 0.1) is 0 Å². The van der Waals surface area contributed by atoms with E-state index in [9.17, 15) is 9.59 Å². The van der Waals surface area contributed by atoms with E-state index < -0.39 is 0 Å². The van der Waals surface area contributed by atoms with Crippen molar-refractivity contribution >= 4 is 17.5 Å². The molecule has 2 aromatic carbocycles. The average molecular weight is 339 g/mol. The highest BCUT2D eigenvalue weighted by atomic mass is 16.2. The molecule has 0 saturated heterocycles. The number of carbonyl (C=O) groups excluding carboxylic acids is 2. The van der Waals surface area contributed by atoms with Crippen LogP contribution in [0.1, 0.15) is 24.5 Å². The van der Waals surface area contributed by atoms with Crippen molar-refractivity contribution in [2.45, 2.75) is 26.3 Å². The number of nitrogens with one attached hydrogen (secondary N) is 1. The second-order valence-electron chi connectivity index (χ2n) is 6.02. The number of benzene rings is 2. The molecule has 0 heterocycles. The molecule has 0 atom stereocenters. The SMILES string of the molecule is CC(=O)N(CCC(=O)NCCc1ccc(N)cc1)Cc1ccccc1. The summed E-state index contributed by atoms with van der Waals surface area (Å²) in [6, 6.07) is 17.4. The third-order valence-electron chi connectivity index (χ3n) is 3.99. The number of amides is 2. The molecule has 0 aliphatic carbocycles. The van der Waals surface area contributed by atoms with Crippen molar-refractivity contribution in [3.8, 4) is 0 Å². The van der Waals surface area contributed by atoms with E-state index in [0.29, 0.717) is 26.1 Å². The van der Waals surface area contributed by atoms with Crippen molar-refractivity contribution in [1.82, 2.24) is 10.2 Å². The van der Waals surface area contributed by atoms with E-state index in [1.54, 1.807) is 4.90 Å². The Morgan fingerprint density at radius 3 is 2.32 bits per heavy atom. The predicted molar refractivity (Wildman–Crippen MR) is 99.7 cm³/mol. The fourth-order valence-corrected chi connectivity index (χ4v) is 2.51. The van der Waals surface area contributed by atoms with Gasteiger partial charge in [0.15, 0.2) is 0 Å². The first-order valence-electron chi connectivity index (χ1n) is 8.45. The number of anilines is 1. The van der Waals surface area contributed by atoms with Gasteiger partial charge in [0.05, 0.1) is 0 Å². The van der Waals surface area contributed by atoms with Gasteiger partial charge in [-0.2, -0.15) is 0 Å². The maximum Gasteiger partial charge on any atom is 0.221 e. The minimum atomic E-state index is -0.0465. The van der Waals surface area contributed by atoms with Crippen LogP contribution in [0.5, 0.6) is 0 Å². The van der Waals surface area contributed by atoms with E-state index >= 15 is 0 Å². The lowest BCUT2D eigenvalue weighted by Crippen LogP contribution is -2.34. The van der Waals surface area contributed by atoms with Gasteiger partial charge >= 0.3 is 0 Å². The molecule has 25 heavy (non-hydrogen) atoms. The van der Waals surface area contributed by atoms with Crippen LogP contribution in [0.2, 0.25) is 0 Å². The van der Waals surface area contributed by atoms with Crippen LogP contribution in [0.25, 0.3) is 0 Å². The number of rotatable bonds is 8. The molecule has 0 spiro atoms. The molecule has 0 aromatic heterocycles. The molecule has 2 amide bonds. The van der Waals surface area contributed by atoms with Gasteiger partial charge in [-0.05, 0) is 29.7 Å². The van der Waals surface area contributed by atoms with Gasteiger partial charge in [0, 0.05) is 38.7 Å². The molecule has 2 rings (SSSR count). The molecule has 0 aliphatic heterocycles. The highest BCUT2D eigenvalue weighted by molar-refractivity contribution is 5.78. The third kappa shape index (κ3) is 6.67. The maximum atomic E-state index is 12.0. The van der Waals surface area contributed by atoms with Gasteiger partial charge in [-0.3, -0.25) is 9.59 Å². The molecule has 0 fully saturated rings. The van der Waals surface area contributed by atoms with Gasteiger partial charge in [0.2, 0.25) is 11.8 Å². The Morgan fingerprint density at radius 1 is 1.00 bits per heavy atom. The van der Waals surface area contributed by atoms with Crippen LogP contribution in [0.4, 0.5) is 5.69 Å². The zero-order valence-corrected chi connectivity index (χ0v) is 14.6. The lowest BCUT2D eigenvalue weighted by Gasteiger charge is -2.21. The summed E-state index contributed by atoms with van der Waals surface area (Å²) in [5.74, 6) is -0.0757. The third-order valence-corrected chi connectivity index (χ3v) is 3.99. The molecule has 0 unspecified atom stereocenters. The summed E-state index contributed by atoms with van der Waals surface area (Å²) in [5, 5.41) is 2.90. The zero-order chi connectivity index (χ0) is 18.1. The molecule has 3 N–H and O–H groups in total. The molecular weight excluding hydrogens is 314 g/mol. The van der Waals surface area contributed by atoms with Crippen molar-refractivity contribution < 1.29 is 9.59 Å². The quantitative estimate of drug-likeness (QED) is 0.725. The number of nitrogens with two attached hydrogens (primary N) is 1. The van der Waals surface area contributed by atoms with Gasteiger partial charge in [-0.25, -0.2) is 0 Å². The molecule has 0 aliphatic rings. The normalized spacial score (nSPS) is 10.3. The molecule has 0 radical (unpaired) electrons. The van der Waals surface area contributed by atoms with Crippen molar-refractivity contribution in [3.63, 3.8) is 0 Å². The topological polar surface area (TPSA) is 75.4 Å². The van der Waals surface area contributed by atoms with Crippen molar-refractivity contribution in [1.29, 1.82) is 0 Å². The molecule has 0 bridgehead atoms. The van der Waals surface area contributed by atoms with E-state index in [1.165, 1.54) is 6.92 Å². The van der Waals surface area contributed by atoms with Gasteiger partial charge < -0.3 is 16.0 Å². The first-order valence-corrected chi connectivity index (χ1v) is 8.45. The summed E-state index contributed by atoms with van der Waals surface area (Å²) in [4.78, 5) is 25.5. The highest BCUT2D eigenvalue weighted by Gasteiger charge is 2.11. The van der Waals surface area contributed by atoms with Crippen molar-refractivity contribution in [2.24, 2.45) is 0 Å². The number of nitrogens with zero attached hydrogens (tertiary/aromatic N) is 1. The van der Waals surface area contributed by atoms with Gasteiger partial charge in [-0.15, -0.1) is 0 Å². The van der Waals surface area contributed by atoms with Crippen LogP contribution in [0.15, 0.2) is 54.6 Å². The molecule has 5 nitrogen and oxygen atoms in total. The van der Waals surface area contributed by atoms with Gasteiger partial charge in [-0.1, -0.05) is 42.5 Å². The summed E-state index contributed by atoms with van der Waals surface area (Å²) >= 11 is 0. The lowest BCUT2D eigenvalue weighted by molar-refractivity contribution is -0.130. The summed E-state index contributed by atoms with van der Waals surface area (Å²) in [5.41, 5.74) is 8.57. The minimum absolute atomic E-state index is 0.0291. The summed E-state index contributed by atoms with van der Waals surface area (Å²) in [6.07, 6.45) is 1.06. The summed E-state index contributed by atoms with van der Waals surface area (Å²) < 4.78 is 0. The van der Waals surface area contributed by atoms with E-state index in [4.69, 9.17) is 5.73 Å². The fraction of sp³-hybridized carbons (Fsp3) is 0.300. The highest BCUT2D eigenvalue weighted by Crippen LogP contribution is 2.07.